The summed E-state index contributed by atoms with van der Waals surface area (Å²) in [4.78, 5) is 26.0. The number of nitrogens with zero attached hydrogens (tertiary/aromatic N) is 1. The standard InChI is InChI=1S/C14H16BrClN2O3/c1-9(14(20)18-4-6-21-7-5-18)17-13(19)10-2-3-12(16)11(15)8-10/h2-3,8-9H,4-7H2,1H3,(H,17,19). The quantitative estimate of drug-likeness (QED) is 0.880. The fraction of sp³-hybridized carbons (Fsp3) is 0.429. The fourth-order valence-corrected chi connectivity index (χ4v) is 2.53. The van der Waals surface area contributed by atoms with Gasteiger partial charge >= 0.3 is 0 Å². The van der Waals surface area contributed by atoms with E-state index in [1.165, 1.54) is 0 Å². The maximum absolute atomic E-state index is 12.2. The molecule has 1 N–H and O–H groups in total. The molecule has 7 heteroatoms. The van der Waals surface area contributed by atoms with Crippen molar-refractivity contribution in [2.24, 2.45) is 0 Å². The first-order valence-electron chi connectivity index (χ1n) is 6.61. The Morgan fingerprint density at radius 1 is 1.38 bits per heavy atom. The minimum absolute atomic E-state index is 0.0975. The lowest BCUT2D eigenvalue weighted by atomic mass is 10.2. The van der Waals surface area contributed by atoms with Crippen LogP contribution in [0, 0.1) is 0 Å². The van der Waals surface area contributed by atoms with Gasteiger partial charge in [-0.25, -0.2) is 0 Å². The third-order valence-corrected chi connectivity index (χ3v) is 4.44. The topological polar surface area (TPSA) is 58.6 Å². The van der Waals surface area contributed by atoms with Gasteiger partial charge in [0.25, 0.3) is 5.91 Å². The molecule has 1 saturated heterocycles. The van der Waals surface area contributed by atoms with E-state index in [0.29, 0.717) is 41.4 Å². The molecular formula is C14H16BrClN2O3. The largest absolute Gasteiger partial charge is 0.378 e. The van der Waals surface area contributed by atoms with Crippen LogP contribution in [0.5, 0.6) is 0 Å². The summed E-state index contributed by atoms with van der Waals surface area (Å²) in [6.45, 7) is 3.88. The van der Waals surface area contributed by atoms with E-state index in [-0.39, 0.29) is 11.8 Å². The molecule has 0 bridgehead atoms. The van der Waals surface area contributed by atoms with Gasteiger partial charge in [-0.2, -0.15) is 0 Å². The van der Waals surface area contributed by atoms with Crippen LogP contribution < -0.4 is 5.32 Å². The SMILES string of the molecule is CC(NC(=O)c1ccc(Cl)c(Br)c1)C(=O)N1CCOCC1. The van der Waals surface area contributed by atoms with E-state index < -0.39 is 6.04 Å². The van der Waals surface area contributed by atoms with Crippen LogP contribution in [0.4, 0.5) is 0 Å². The molecule has 5 nitrogen and oxygen atoms in total. The zero-order valence-corrected chi connectivity index (χ0v) is 13.9. The number of amides is 2. The molecule has 1 aromatic carbocycles. The first-order valence-corrected chi connectivity index (χ1v) is 7.78. The highest BCUT2D eigenvalue weighted by Crippen LogP contribution is 2.23. The molecule has 21 heavy (non-hydrogen) atoms. The highest BCUT2D eigenvalue weighted by atomic mass is 79.9. The van der Waals surface area contributed by atoms with Crippen molar-refractivity contribution < 1.29 is 14.3 Å². The maximum atomic E-state index is 12.2. The van der Waals surface area contributed by atoms with Crippen LogP contribution in [0.1, 0.15) is 17.3 Å². The number of benzene rings is 1. The zero-order valence-electron chi connectivity index (χ0n) is 11.6. The Morgan fingerprint density at radius 3 is 2.67 bits per heavy atom. The summed E-state index contributed by atoms with van der Waals surface area (Å²) in [7, 11) is 0. The predicted octanol–water partition coefficient (Wildman–Crippen LogP) is 2.08. The first-order chi connectivity index (χ1) is 9.99. The van der Waals surface area contributed by atoms with Crippen molar-refractivity contribution in [2.45, 2.75) is 13.0 Å². The molecule has 0 saturated carbocycles. The Morgan fingerprint density at radius 2 is 2.05 bits per heavy atom. The minimum Gasteiger partial charge on any atom is -0.378 e. The van der Waals surface area contributed by atoms with Crippen molar-refractivity contribution in [3.63, 3.8) is 0 Å². The van der Waals surface area contributed by atoms with Crippen molar-refractivity contribution in [3.05, 3.63) is 33.3 Å². The van der Waals surface area contributed by atoms with Gasteiger partial charge in [0, 0.05) is 23.1 Å². The number of hydrogen-bond acceptors (Lipinski definition) is 3. The molecule has 1 aliphatic rings. The smallest absolute Gasteiger partial charge is 0.251 e. The summed E-state index contributed by atoms with van der Waals surface area (Å²) in [5, 5.41) is 3.24. The van der Waals surface area contributed by atoms with E-state index in [1.54, 1.807) is 30.0 Å². The molecule has 1 aliphatic heterocycles. The van der Waals surface area contributed by atoms with Crippen molar-refractivity contribution >= 4 is 39.3 Å². The van der Waals surface area contributed by atoms with E-state index >= 15 is 0 Å². The van der Waals surface area contributed by atoms with Crippen LogP contribution in [0.3, 0.4) is 0 Å². The molecule has 1 atom stereocenters. The number of rotatable bonds is 3. The van der Waals surface area contributed by atoms with E-state index in [4.69, 9.17) is 16.3 Å². The Balaban J connectivity index is 1.97. The second-order valence-corrected chi connectivity index (χ2v) is 6.02. The third-order valence-electron chi connectivity index (χ3n) is 3.22. The number of nitrogens with one attached hydrogen (secondary N) is 1. The molecule has 1 aromatic rings. The van der Waals surface area contributed by atoms with Crippen LogP contribution in [0.2, 0.25) is 5.02 Å². The summed E-state index contributed by atoms with van der Waals surface area (Å²) < 4.78 is 5.85. The van der Waals surface area contributed by atoms with Crippen molar-refractivity contribution in [1.29, 1.82) is 0 Å². The van der Waals surface area contributed by atoms with Gasteiger partial charge in [0.05, 0.1) is 18.2 Å². The summed E-state index contributed by atoms with van der Waals surface area (Å²) in [6, 6.07) is 4.30. The van der Waals surface area contributed by atoms with Gasteiger partial charge in [0.1, 0.15) is 6.04 Å². The van der Waals surface area contributed by atoms with Crippen molar-refractivity contribution in [2.75, 3.05) is 26.3 Å². The number of morpholine rings is 1. The van der Waals surface area contributed by atoms with Gasteiger partial charge < -0.3 is 15.0 Å². The maximum Gasteiger partial charge on any atom is 0.251 e. The number of ether oxygens (including phenoxy) is 1. The van der Waals surface area contributed by atoms with Gasteiger partial charge in [-0.3, -0.25) is 9.59 Å². The molecule has 0 aliphatic carbocycles. The van der Waals surface area contributed by atoms with Crippen molar-refractivity contribution in [3.8, 4) is 0 Å². The van der Waals surface area contributed by atoms with Crippen molar-refractivity contribution in [1.82, 2.24) is 10.2 Å². The van der Waals surface area contributed by atoms with Gasteiger partial charge in [0.15, 0.2) is 0 Å². The van der Waals surface area contributed by atoms with Gasteiger partial charge in [0.2, 0.25) is 5.91 Å². The summed E-state index contributed by atoms with van der Waals surface area (Å²) in [5.41, 5.74) is 0.452. The normalized spacial score (nSPS) is 16.4. The highest BCUT2D eigenvalue weighted by molar-refractivity contribution is 9.10. The van der Waals surface area contributed by atoms with E-state index in [0.717, 1.165) is 0 Å². The molecule has 0 spiro atoms. The average Bonchev–Trinajstić information content (AvgIpc) is 2.50. The Labute approximate surface area is 136 Å². The summed E-state index contributed by atoms with van der Waals surface area (Å²) in [6.07, 6.45) is 0. The lowest BCUT2D eigenvalue weighted by Crippen LogP contribution is -2.50. The molecule has 114 valence electrons. The first kappa shape index (κ1) is 16.3. The number of carbonyl (C=O) groups is 2. The number of carbonyl (C=O) groups excluding carboxylic acids is 2. The molecular weight excluding hydrogens is 360 g/mol. The van der Waals surface area contributed by atoms with Crippen LogP contribution in [-0.4, -0.2) is 49.1 Å². The van der Waals surface area contributed by atoms with Crippen LogP contribution >= 0.6 is 27.5 Å². The molecule has 1 fully saturated rings. The number of hydrogen-bond donors (Lipinski definition) is 1. The van der Waals surface area contributed by atoms with E-state index in [9.17, 15) is 9.59 Å². The lowest BCUT2D eigenvalue weighted by molar-refractivity contribution is -0.136. The monoisotopic (exact) mass is 374 g/mol. The second kappa shape index (κ2) is 7.24. The third kappa shape index (κ3) is 4.18. The molecule has 0 radical (unpaired) electrons. The summed E-state index contributed by atoms with van der Waals surface area (Å²) in [5.74, 6) is -0.402. The lowest BCUT2D eigenvalue weighted by Gasteiger charge is -2.29. The van der Waals surface area contributed by atoms with Crippen LogP contribution in [0.25, 0.3) is 0 Å². The Kier molecular flexibility index (Phi) is 5.61. The number of halogens is 2. The van der Waals surface area contributed by atoms with Gasteiger partial charge in [-0.15, -0.1) is 0 Å². The van der Waals surface area contributed by atoms with Crippen LogP contribution in [0.15, 0.2) is 22.7 Å². The predicted molar refractivity (Wildman–Crippen MR) is 83.5 cm³/mol. The van der Waals surface area contributed by atoms with Crippen LogP contribution in [-0.2, 0) is 9.53 Å². The molecule has 0 aromatic heterocycles. The van der Waals surface area contributed by atoms with Gasteiger partial charge in [-0.05, 0) is 41.1 Å². The summed E-state index contributed by atoms with van der Waals surface area (Å²) >= 11 is 9.16. The molecule has 2 rings (SSSR count). The minimum atomic E-state index is -0.579. The molecule has 1 heterocycles. The molecule has 2 amide bonds. The average molecular weight is 376 g/mol. The Hall–Kier alpha value is -1.11. The zero-order chi connectivity index (χ0) is 15.4. The second-order valence-electron chi connectivity index (χ2n) is 4.76. The molecule has 1 unspecified atom stereocenters. The van der Waals surface area contributed by atoms with Gasteiger partial charge in [-0.1, -0.05) is 11.6 Å². The van der Waals surface area contributed by atoms with E-state index in [2.05, 4.69) is 21.2 Å². The Bertz CT molecular complexity index is 547. The van der Waals surface area contributed by atoms with E-state index in [1.807, 2.05) is 0 Å². The fourth-order valence-electron chi connectivity index (χ4n) is 2.04. The highest BCUT2D eigenvalue weighted by Gasteiger charge is 2.24.